The van der Waals surface area contributed by atoms with Crippen LogP contribution in [0.25, 0.3) is 0 Å². The third-order valence-electron chi connectivity index (χ3n) is 6.37. The van der Waals surface area contributed by atoms with Crippen LogP contribution >= 0.6 is 0 Å². The van der Waals surface area contributed by atoms with Crippen LogP contribution in [-0.2, 0) is 14.8 Å². The Kier molecular flexibility index (Phi) is 6.25. The Morgan fingerprint density at radius 3 is 2.53 bits per heavy atom. The van der Waals surface area contributed by atoms with E-state index in [2.05, 4.69) is 4.98 Å². The molecular formula is C22H26N4O5S. The van der Waals surface area contributed by atoms with E-state index in [1.807, 2.05) is 23.1 Å². The molecule has 9 nitrogen and oxygen atoms in total. The van der Waals surface area contributed by atoms with Gasteiger partial charge in [0.05, 0.1) is 21.6 Å². The summed E-state index contributed by atoms with van der Waals surface area (Å²) in [6.45, 7) is 2.73. The van der Waals surface area contributed by atoms with Crippen molar-refractivity contribution in [1.29, 1.82) is 0 Å². The molecule has 0 aliphatic carbocycles. The normalized spacial score (nSPS) is 20.4. The number of carbonyl (C=O) groups is 1. The summed E-state index contributed by atoms with van der Waals surface area (Å²) in [5.41, 5.74) is 1.09. The van der Waals surface area contributed by atoms with Crippen molar-refractivity contribution in [1.82, 2.24) is 14.2 Å². The highest BCUT2D eigenvalue weighted by atomic mass is 32.2. The van der Waals surface area contributed by atoms with Crippen molar-refractivity contribution in [3.63, 3.8) is 0 Å². The van der Waals surface area contributed by atoms with E-state index >= 15 is 0 Å². The van der Waals surface area contributed by atoms with Gasteiger partial charge < -0.3 is 4.90 Å². The lowest BCUT2D eigenvalue weighted by Crippen LogP contribution is -2.44. The Bertz CT molecular complexity index is 1110. The largest absolute Gasteiger partial charge is 0.334 e. The van der Waals surface area contributed by atoms with Crippen LogP contribution in [0.1, 0.15) is 43.0 Å². The molecule has 2 saturated heterocycles. The number of carbonyl (C=O) groups excluding carboxylic acids is 1. The Morgan fingerprint density at radius 2 is 1.88 bits per heavy atom. The number of sulfonamides is 1. The number of aromatic nitrogens is 1. The third kappa shape index (κ3) is 4.24. The van der Waals surface area contributed by atoms with Crippen LogP contribution in [0.5, 0.6) is 0 Å². The quantitative estimate of drug-likeness (QED) is 0.503. The first-order chi connectivity index (χ1) is 15.3. The Morgan fingerprint density at radius 1 is 1.12 bits per heavy atom. The highest BCUT2D eigenvalue weighted by Crippen LogP contribution is 2.34. The van der Waals surface area contributed by atoms with E-state index in [0.29, 0.717) is 24.9 Å². The minimum Gasteiger partial charge on any atom is -0.334 e. The fourth-order valence-electron chi connectivity index (χ4n) is 4.61. The van der Waals surface area contributed by atoms with E-state index in [1.54, 1.807) is 13.1 Å². The van der Waals surface area contributed by atoms with Crippen molar-refractivity contribution in [3.05, 3.63) is 64.0 Å². The highest BCUT2D eigenvalue weighted by molar-refractivity contribution is 7.89. The summed E-state index contributed by atoms with van der Waals surface area (Å²) in [6, 6.07) is 9.54. The summed E-state index contributed by atoms with van der Waals surface area (Å²) in [7, 11) is -3.88. The zero-order valence-corrected chi connectivity index (χ0v) is 18.7. The zero-order chi connectivity index (χ0) is 22.9. The predicted molar refractivity (Wildman–Crippen MR) is 117 cm³/mol. The highest BCUT2D eigenvalue weighted by Gasteiger charge is 2.38. The molecule has 3 heterocycles. The summed E-state index contributed by atoms with van der Waals surface area (Å²) in [4.78, 5) is 30.0. The molecule has 2 aliphatic rings. The van der Waals surface area contributed by atoms with Gasteiger partial charge in [0.2, 0.25) is 15.9 Å². The molecule has 1 aromatic carbocycles. The number of piperidine rings is 1. The molecule has 1 amide bonds. The van der Waals surface area contributed by atoms with E-state index in [4.69, 9.17) is 0 Å². The minimum atomic E-state index is -3.88. The average Bonchev–Trinajstić information content (AvgIpc) is 3.29. The smallest absolute Gasteiger partial charge is 0.270 e. The van der Waals surface area contributed by atoms with Gasteiger partial charge in [0.1, 0.15) is 0 Å². The van der Waals surface area contributed by atoms with Gasteiger partial charge in [-0.15, -0.1) is 0 Å². The average molecular weight is 459 g/mol. The van der Waals surface area contributed by atoms with Gasteiger partial charge >= 0.3 is 0 Å². The number of likely N-dealkylation sites (tertiary alicyclic amines) is 1. The molecular weight excluding hydrogens is 432 g/mol. The number of benzene rings is 1. The summed E-state index contributed by atoms with van der Waals surface area (Å²) in [5.74, 6) is -0.182. The van der Waals surface area contributed by atoms with Gasteiger partial charge in [-0.25, -0.2) is 8.42 Å². The van der Waals surface area contributed by atoms with E-state index in [9.17, 15) is 23.3 Å². The number of nitro benzene ring substituents is 1. The Labute approximate surface area is 187 Å². The topological polar surface area (TPSA) is 114 Å². The van der Waals surface area contributed by atoms with Crippen LogP contribution in [0.4, 0.5) is 5.69 Å². The number of amides is 1. The molecule has 0 N–H and O–H groups in total. The molecule has 4 rings (SSSR count). The standard InChI is InChI=1S/C22H26N4O5S/c1-16-7-8-18(26(28)29)15-21(16)32(30,31)24-13-9-17(10-14-24)22(27)25-12-4-6-20(25)19-5-2-3-11-23-19/h2-3,5,7-8,11,15,17,20H,4,6,9-10,12-14H2,1H3. The zero-order valence-electron chi connectivity index (χ0n) is 17.9. The van der Waals surface area contributed by atoms with Gasteiger partial charge in [-0.2, -0.15) is 4.31 Å². The van der Waals surface area contributed by atoms with Gasteiger partial charge in [-0.1, -0.05) is 12.1 Å². The second kappa shape index (κ2) is 8.95. The molecule has 1 unspecified atom stereocenters. The maximum Gasteiger partial charge on any atom is 0.270 e. The van der Waals surface area contributed by atoms with Gasteiger partial charge in [0, 0.05) is 43.9 Å². The lowest BCUT2D eigenvalue weighted by atomic mass is 9.96. The van der Waals surface area contributed by atoms with Crippen molar-refractivity contribution in [2.45, 2.75) is 43.5 Å². The molecule has 0 spiro atoms. The maximum atomic E-state index is 13.2. The van der Waals surface area contributed by atoms with Crippen LogP contribution in [0.3, 0.4) is 0 Å². The second-order valence-electron chi connectivity index (χ2n) is 8.33. The molecule has 170 valence electrons. The molecule has 2 aromatic rings. The minimum absolute atomic E-state index is 0.0296. The second-order valence-corrected chi connectivity index (χ2v) is 10.2. The Hall–Kier alpha value is -2.85. The van der Waals surface area contributed by atoms with Gasteiger partial charge in [-0.05, 0) is 50.3 Å². The monoisotopic (exact) mass is 458 g/mol. The molecule has 2 fully saturated rings. The van der Waals surface area contributed by atoms with Crippen LogP contribution < -0.4 is 0 Å². The molecule has 10 heteroatoms. The fraction of sp³-hybridized carbons (Fsp3) is 0.455. The number of hydrogen-bond acceptors (Lipinski definition) is 6. The number of non-ortho nitro benzene ring substituents is 1. The first-order valence-electron chi connectivity index (χ1n) is 10.8. The van der Waals surface area contributed by atoms with Crippen LogP contribution in [0, 0.1) is 23.0 Å². The molecule has 1 atom stereocenters. The molecule has 0 bridgehead atoms. The van der Waals surface area contributed by atoms with Crippen molar-refractivity contribution in [2.75, 3.05) is 19.6 Å². The fourth-order valence-corrected chi connectivity index (χ4v) is 6.32. The number of hydrogen-bond donors (Lipinski definition) is 0. The third-order valence-corrected chi connectivity index (χ3v) is 8.41. The van der Waals surface area contributed by atoms with Crippen LogP contribution in [0.2, 0.25) is 0 Å². The van der Waals surface area contributed by atoms with Crippen LogP contribution in [0.15, 0.2) is 47.5 Å². The van der Waals surface area contributed by atoms with E-state index < -0.39 is 14.9 Å². The van der Waals surface area contributed by atoms with Crippen molar-refractivity contribution < 1.29 is 18.1 Å². The number of pyridine rings is 1. The lowest BCUT2D eigenvalue weighted by molar-refractivity contribution is -0.385. The molecule has 0 saturated carbocycles. The number of rotatable bonds is 5. The van der Waals surface area contributed by atoms with Crippen molar-refractivity contribution in [2.24, 2.45) is 5.92 Å². The van der Waals surface area contributed by atoms with Crippen LogP contribution in [-0.4, -0.2) is 53.1 Å². The maximum absolute atomic E-state index is 13.2. The van der Waals surface area contributed by atoms with Crippen molar-refractivity contribution in [3.8, 4) is 0 Å². The van der Waals surface area contributed by atoms with E-state index in [1.165, 1.54) is 16.4 Å². The van der Waals surface area contributed by atoms with Crippen molar-refractivity contribution >= 4 is 21.6 Å². The lowest BCUT2D eigenvalue weighted by Gasteiger charge is -2.34. The summed E-state index contributed by atoms with van der Waals surface area (Å²) < 4.78 is 27.6. The summed E-state index contributed by atoms with van der Waals surface area (Å²) >= 11 is 0. The predicted octanol–water partition coefficient (Wildman–Crippen LogP) is 3.06. The summed E-state index contributed by atoms with van der Waals surface area (Å²) in [6.07, 6.45) is 4.39. The number of nitrogens with zero attached hydrogens (tertiary/aromatic N) is 4. The van der Waals surface area contributed by atoms with Gasteiger partial charge in [0.25, 0.3) is 5.69 Å². The SMILES string of the molecule is Cc1ccc([N+](=O)[O-])cc1S(=O)(=O)N1CCC(C(=O)N2CCCC2c2ccccn2)CC1. The van der Waals surface area contributed by atoms with E-state index in [0.717, 1.165) is 24.6 Å². The molecule has 1 aromatic heterocycles. The molecule has 32 heavy (non-hydrogen) atoms. The van der Waals surface area contributed by atoms with Gasteiger partial charge in [-0.3, -0.25) is 19.9 Å². The first-order valence-corrected chi connectivity index (χ1v) is 12.2. The molecule has 2 aliphatic heterocycles. The number of aryl methyl sites for hydroxylation is 1. The van der Waals surface area contributed by atoms with Gasteiger partial charge in [0.15, 0.2) is 0 Å². The first kappa shape index (κ1) is 22.3. The van der Waals surface area contributed by atoms with E-state index in [-0.39, 0.29) is 41.5 Å². The number of nitro groups is 1. The summed E-state index contributed by atoms with van der Waals surface area (Å²) in [5, 5.41) is 11.1. The molecule has 0 radical (unpaired) electrons. The Balaban J connectivity index is 1.45.